The van der Waals surface area contributed by atoms with E-state index >= 15 is 0 Å². The van der Waals surface area contributed by atoms with Crippen LogP contribution in [0.15, 0.2) is 0 Å². The van der Waals surface area contributed by atoms with Crippen molar-refractivity contribution in [2.75, 3.05) is 7.05 Å². The number of carbonyl (C=O) groups is 1. The van der Waals surface area contributed by atoms with Crippen LogP contribution < -0.4 is 10.6 Å². The molecule has 14 heavy (non-hydrogen) atoms. The third-order valence-corrected chi connectivity index (χ3v) is 3.23. The van der Waals surface area contributed by atoms with Crippen molar-refractivity contribution in [3.63, 3.8) is 0 Å². The van der Waals surface area contributed by atoms with Crippen LogP contribution >= 0.6 is 0 Å². The maximum Gasteiger partial charge on any atom is 0.240 e. The van der Waals surface area contributed by atoms with E-state index in [1.807, 2.05) is 20.9 Å². The molecule has 0 aromatic heterocycles. The molecule has 1 saturated carbocycles. The fourth-order valence-electron chi connectivity index (χ4n) is 1.47. The Morgan fingerprint density at radius 3 is 2.07 bits per heavy atom. The predicted molar refractivity (Wildman–Crippen MR) is 58.1 cm³/mol. The lowest BCUT2D eigenvalue weighted by Crippen LogP contribution is -2.57. The summed E-state index contributed by atoms with van der Waals surface area (Å²) in [6, 6.07) is 0. The van der Waals surface area contributed by atoms with Gasteiger partial charge in [-0.2, -0.15) is 0 Å². The molecule has 1 amide bonds. The molecule has 0 aromatic rings. The van der Waals surface area contributed by atoms with Crippen molar-refractivity contribution in [2.45, 2.75) is 51.6 Å². The van der Waals surface area contributed by atoms with Crippen molar-refractivity contribution in [1.82, 2.24) is 10.6 Å². The van der Waals surface area contributed by atoms with Crippen LogP contribution in [0.3, 0.4) is 0 Å². The maximum atomic E-state index is 11.9. The normalized spacial score (nSPS) is 18.1. The Bertz CT molecular complexity index is 229. The van der Waals surface area contributed by atoms with E-state index in [1.165, 1.54) is 12.8 Å². The van der Waals surface area contributed by atoms with Gasteiger partial charge in [-0.25, -0.2) is 0 Å². The fraction of sp³-hybridized carbons (Fsp3) is 0.909. The van der Waals surface area contributed by atoms with E-state index in [0.717, 1.165) is 0 Å². The summed E-state index contributed by atoms with van der Waals surface area (Å²) in [5.41, 5.74) is -0.530. The second-order valence-electron chi connectivity index (χ2n) is 5.33. The third kappa shape index (κ3) is 2.47. The second-order valence-corrected chi connectivity index (χ2v) is 5.33. The Labute approximate surface area is 86.6 Å². The van der Waals surface area contributed by atoms with Crippen LogP contribution in [0, 0.1) is 5.92 Å². The largest absolute Gasteiger partial charge is 0.349 e. The highest BCUT2D eigenvalue weighted by molar-refractivity contribution is 5.86. The number of nitrogens with one attached hydrogen (secondary N) is 2. The first-order valence-corrected chi connectivity index (χ1v) is 5.31. The van der Waals surface area contributed by atoms with Crippen LogP contribution in [0.4, 0.5) is 0 Å². The zero-order chi connectivity index (χ0) is 11.0. The van der Waals surface area contributed by atoms with Gasteiger partial charge in [-0.1, -0.05) is 0 Å². The summed E-state index contributed by atoms with van der Waals surface area (Å²) >= 11 is 0. The number of rotatable bonds is 4. The number of carbonyl (C=O) groups excluding carboxylic acids is 1. The fourth-order valence-corrected chi connectivity index (χ4v) is 1.47. The van der Waals surface area contributed by atoms with Crippen molar-refractivity contribution in [3.8, 4) is 0 Å². The van der Waals surface area contributed by atoms with Gasteiger partial charge in [-0.05, 0) is 53.5 Å². The molecule has 1 fully saturated rings. The summed E-state index contributed by atoms with van der Waals surface area (Å²) in [5.74, 6) is 0.746. The smallest absolute Gasteiger partial charge is 0.240 e. The predicted octanol–water partition coefficient (Wildman–Crippen LogP) is 1.29. The van der Waals surface area contributed by atoms with Crippen molar-refractivity contribution in [1.29, 1.82) is 0 Å². The molecule has 82 valence electrons. The van der Waals surface area contributed by atoms with Crippen LogP contribution in [0.5, 0.6) is 0 Å². The Morgan fingerprint density at radius 2 is 1.71 bits per heavy atom. The summed E-state index contributed by atoms with van der Waals surface area (Å²) < 4.78 is 0. The summed E-state index contributed by atoms with van der Waals surface area (Å²) in [7, 11) is 1.81. The number of hydrogen-bond acceptors (Lipinski definition) is 2. The molecule has 0 radical (unpaired) electrons. The molecule has 1 aliphatic carbocycles. The Hall–Kier alpha value is -0.570. The molecule has 0 aliphatic heterocycles. The lowest BCUT2D eigenvalue weighted by atomic mass is 9.95. The molecule has 0 bridgehead atoms. The van der Waals surface area contributed by atoms with Gasteiger partial charge in [0.15, 0.2) is 0 Å². The molecule has 0 spiro atoms. The van der Waals surface area contributed by atoms with Crippen molar-refractivity contribution < 1.29 is 4.79 Å². The minimum atomic E-state index is -0.480. The molecule has 1 rings (SSSR count). The maximum absolute atomic E-state index is 11.9. The van der Waals surface area contributed by atoms with Crippen LogP contribution in [-0.2, 0) is 4.79 Å². The lowest BCUT2D eigenvalue weighted by Gasteiger charge is -2.32. The van der Waals surface area contributed by atoms with Crippen LogP contribution in [-0.4, -0.2) is 24.0 Å². The van der Waals surface area contributed by atoms with Crippen LogP contribution in [0.2, 0.25) is 0 Å². The first-order valence-electron chi connectivity index (χ1n) is 5.31. The zero-order valence-corrected chi connectivity index (χ0v) is 9.90. The second kappa shape index (κ2) is 3.54. The van der Waals surface area contributed by atoms with E-state index in [2.05, 4.69) is 24.5 Å². The van der Waals surface area contributed by atoms with Gasteiger partial charge in [0.1, 0.15) is 0 Å². The molecule has 1 aliphatic rings. The summed E-state index contributed by atoms with van der Waals surface area (Å²) in [4.78, 5) is 11.9. The first-order chi connectivity index (χ1) is 6.29. The van der Waals surface area contributed by atoms with Gasteiger partial charge in [0.05, 0.1) is 5.54 Å². The molecule has 3 nitrogen and oxygen atoms in total. The molecular weight excluding hydrogens is 176 g/mol. The van der Waals surface area contributed by atoms with Crippen molar-refractivity contribution >= 4 is 5.91 Å². The molecule has 2 N–H and O–H groups in total. The van der Waals surface area contributed by atoms with Gasteiger partial charge < -0.3 is 10.6 Å². The molecule has 0 aromatic carbocycles. The van der Waals surface area contributed by atoms with E-state index in [1.54, 1.807) is 0 Å². The standard InChI is InChI=1S/C11H22N2O/c1-10(2,8-6-7-8)13-9(14)11(3,4)12-5/h8,12H,6-7H2,1-5H3,(H,13,14). The highest BCUT2D eigenvalue weighted by Gasteiger charge is 2.40. The van der Waals surface area contributed by atoms with Gasteiger partial charge in [0.25, 0.3) is 0 Å². The van der Waals surface area contributed by atoms with E-state index in [0.29, 0.717) is 5.92 Å². The van der Waals surface area contributed by atoms with Gasteiger partial charge in [-0.3, -0.25) is 4.79 Å². The topological polar surface area (TPSA) is 41.1 Å². The monoisotopic (exact) mass is 198 g/mol. The van der Waals surface area contributed by atoms with E-state index in [4.69, 9.17) is 0 Å². The summed E-state index contributed by atoms with van der Waals surface area (Å²) in [5, 5.41) is 6.12. The molecule has 0 heterocycles. The van der Waals surface area contributed by atoms with Crippen LogP contribution in [0.25, 0.3) is 0 Å². The molecule has 3 heteroatoms. The number of amides is 1. The average molecular weight is 198 g/mol. The van der Waals surface area contributed by atoms with Gasteiger partial charge in [0.2, 0.25) is 5.91 Å². The van der Waals surface area contributed by atoms with Crippen molar-refractivity contribution in [2.24, 2.45) is 5.92 Å². The Balaban J connectivity index is 2.55. The number of likely N-dealkylation sites (N-methyl/N-ethyl adjacent to an activating group) is 1. The number of hydrogen-bond donors (Lipinski definition) is 2. The quantitative estimate of drug-likeness (QED) is 0.714. The summed E-state index contributed by atoms with van der Waals surface area (Å²) in [6.07, 6.45) is 2.49. The first kappa shape index (κ1) is 11.5. The Morgan fingerprint density at radius 1 is 1.21 bits per heavy atom. The molecular formula is C11H22N2O. The van der Waals surface area contributed by atoms with E-state index in [9.17, 15) is 4.79 Å². The van der Waals surface area contributed by atoms with Gasteiger partial charge in [0, 0.05) is 5.54 Å². The molecule has 0 unspecified atom stereocenters. The highest BCUT2D eigenvalue weighted by atomic mass is 16.2. The lowest BCUT2D eigenvalue weighted by molar-refractivity contribution is -0.128. The van der Waals surface area contributed by atoms with E-state index < -0.39 is 5.54 Å². The summed E-state index contributed by atoms with van der Waals surface area (Å²) in [6.45, 7) is 8.00. The minimum absolute atomic E-state index is 0.0504. The third-order valence-electron chi connectivity index (χ3n) is 3.23. The zero-order valence-electron chi connectivity index (χ0n) is 9.90. The minimum Gasteiger partial charge on any atom is -0.349 e. The average Bonchev–Trinajstić information content (AvgIpc) is 2.85. The van der Waals surface area contributed by atoms with Crippen LogP contribution in [0.1, 0.15) is 40.5 Å². The molecule has 0 atom stereocenters. The van der Waals surface area contributed by atoms with Crippen molar-refractivity contribution in [3.05, 3.63) is 0 Å². The SMILES string of the molecule is CNC(C)(C)C(=O)NC(C)(C)C1CC1. The van der Waals surface area contributed by atoms with Gasteiger partial charge >= 0.3 is 0 Å². The Kier molecular flexibility index (Phi) is 2.91. The highest BCUT2D eigenvalue weighted by Crippen LogP contribution is 2.39. The van der Waals surface area contributed by atoms with Gasteiger partial charge in [-0.15, -0.1) is 0 Å². The molecule has 0 saturated heterocycles. The van der Waals surface area contributed by atoms with E-state index in [-0.39, 0.29) is 11.4 Å².